The van der Waals surface area contributed by atoms with Gasteiger partial charge in [0.1, 0.15) is 16.4 Å². The van der Waals surface area contributed by atoms with E-state index < -0.39 is 10.0 Å². The van der Waals surface area contributed by atoms with Crippen molar-refractivity contribution >= 4 is 21.6 Å². The zero-order valence-corrected chi connectivity index (χ0v) is 19.4. The van der Waals surface area contributed by atoms with Crippen LogP contribution in [0.3, 0.4) is 0 Å². The molecule has 0 saturated carbocycles. The van der Waals surface area contributed by atoms with Crippen LogP contribution in [0.5, 0.6) is 11.5 Å². The molecule has 1 amide bonds. The number of amides is 1. The molecule has 1 fully saturated rings. The van der Waals surface area contributed by atoms with Crippen molar-refractivity contribution < 1.29 is 17.9 Å². The van der Waals surface area contributed by atoms with Crippen LogP contribution in [0.2, 0.25) is 0 Å². The van der Waals surface area contributed by atoms with E-state index in [-0.39, 0.29) is 22.5 Å². The van der Waals surface area contributed by atoms with E-state index in [9.17, 15) is 13.2 Å². The number of hydrogen-bond acceptors (Lipinski definition) is 5. The van der Waals surface area contributed by atoms with Gasteiger partial charge in [-0.2, -0.15) is 4.31 Å². The first-order chi connectivity index (χ1) is 14.6. The van der Waals surface area contributed by atoms with Gasteiger partial charge in [-0.15, -0.1) is 0 Å². The van der Waals surface area contributed by atoms with Gasteiger partial charge in [-0.05, 0) is 61.2 Å². The van der Waals surface area contributed by atoms with Crippen LogP contribution in [0.4, 0.5) is 5.69 Å². The van der Waals surface area contributed by atoms with E-state index >= 15 is 0 Å². The van der Waals surface area contributed by atoms with Crippen molar-refractivity contribution in [3.63, 3.8) is 0 Å². The van der Waals surface area contributed by atoms with Gasteiger partial charge in [0.2, 0.25) is 15.9 Å². The number of rotatable bonds is 7. The Labute approximate surface area is 184 Å². The van der Waals surface area contributed by atoms with Crippen molar-refractivity contribution in [2.24, 2.45) is 5.92 Å². The fraction of sp³-hybridized carbons (Fsp3) is 0.435. The Bertz CT molecular complexity index is 1020. The Balaban J connectivity index is 1.99. The van der Waals surface area contributed by atoms with Gasteiger partial charge in [0.05, 0.1) is 0 Å². The molecule has 0 aliphatic carbocycles. The van der Waals surface area contributed by atoms with E-state index in [0.717, 1.165) is 11.1 Å². The van der Waals surface area contributed by atoms with Gasteiger partial charge in [-0.25, -0.2) is 8.42 Å². The van der Waals surface area contributed by atoms with Gasteiger partial charge in [-0.3, -0.25) is 4.79 Å². The first-order valence-electron chi connectivity index (χ1n) is 10.6. The number of carbonyl (C=O) groups is 1. The number of aryl methyl sites for hydroxylation is 2. The molecule has 0 bridgehead atoms. The predicted octanol–water partition coefficient (Wildman–Crippen LogP) is 3.67. The summed E-state index contributed by atoms with van der Waals surface area (Å²) in [5.74, 6) is 0.871. The minimum atomic E-state index is -3.80. The summed E-state index contributed by atoms with van der Waals surface area (Å²) in [6.45, 7) is 9.80. The van der Waals surface area contributed by atoms with Crippen LogP contribution in [-0.2, 0) is 14.8 Å². The normalized spacial score (nSPS) is 15.1. The van der Waals surface area contributed by atoms with E-state index in [1.807, 2.05) is 45.9 Å². The highest BCUT2D eigenvalue weighted by molar-refractivity contribution is 7.89. The second-order valence-corrected chi connectivity index (χ2v) is 10.3. The molecule has 0 spiro atoms. The molecule has 1 heterocycles. The van der Waals surface area contributed by atoms with E-state index in [4.69, 9.17) is 4.74 Å². The molecule has 1 aliphatic rings. The second kappa shape index (κ2) is 9.80. The molecule has 2 aromatic carbocycles. The van der Waals surface area contributed by atoms with Crippen molar-refractivity contribution in [3.05, 3.63) is 47.5 Å². The van der Waals surface area contributed by atoms with Crippen LogP contribution in [0.15, 0.2) is 41.3 Å². The molecular weight excluding hydrogens is 414 g/mol. The largest absolute Gasteiger partial charge is 0.456 e. The lowest BCUT2D eigenvalue weighted by Crippen LogP contribution is -2.46. The lowest BCUT2D eigenvalue weighted by molar-refractivity contribution is -0.116. The number of nitrogens with one attached hydrogen (secondary N) is 2. The molecule has 2 aromatic rings. The van der Waals surface area contributed by atoms with Crippen LogP contribution >= 0.6 is 0 Å². The van der Waals surface area contributed by atoms with E-state index in [0.29, 0.717) is 44.0 Å². The molecule has 8 heteroatoms. The van der Waals surface area contributed by atoms with Crippen LogP contribution in [0.1, 0.15) is 31.4 Å². The maximum atomic E-state index is 13.5. The van der Waals surface area contributed by atoms with Crippen molar-refractivity contribution in [2.45, 2.75) is 39.0 Å². The first-order valence-corrected chi connectivity index (χ1v) is 12.0. The summed E-state index contributed by atoms with van der Waals surface area (Å²) in [6.07, 6.45) is 0.362. The minimum Gasteiger partial charge on any atom is -0.456 e. The number of ether oxygens (including phenoxy) is 1. The molecular formula is C23H31N3O4S. The first kappa shape index (κ1) is 23.2. The molecule has 0 unspecified atom stereocenters. The third kappa shape index (κ3) is 6.06. The van der Waals surface area contributed by atoms with Gasteiger partial charge >= 0.3 is 0 Å². The molecule has 2 N–H and O–H groups in total. The molecule has 7 nitrogen and oxygen atoms in total. The smallest absolute Gasteiger partial charge is 0.246 e. The molecule has 168 valence electrons. The maximum absolute atomic E-state index is 13.5. The average Bonchev–Trinajstić information content (AvgIpc) is 2.68. The fourth-order valence-corrected chi connectivity index (χ4v) is 5.18. The zero-order valence-electron chi connectivity index (χ0n) is 18.6. The molecule has 1 aliphatic heterocycles. The summed E-state index contributed by atoms with van der Waals surface area (Å²) in [5.41, 5.74) is 2.49. The van der Waals surface area contributed by atoms with Crippen molar-refractivity contribution in [2.75, 3.05) is 31.5 Å². The lowest BCUT2D eigenvalue weighted by atomic mass is 10.1. The highest BCUT2D eigenvalue weighted by Crippen LogP contribution is 2.34. The lowest BCUT2D eigenvalue weighted by Gasteiger charge is -2.27. The number of anilines is 1. The van der Waals surface area contributed by atoms with Crippen LogP contribution in [-0.4, -0.2) is 44.8 Å². The molecule has 31 heavy (non-hydrogen) atoms. The van der Waals surface area contributed by atoms with Crippen LogP contribution in [0, 0.1) is 19.8 Å². The Morgan fingerprint density at radius 3 is 2.35 bits per heavy atom. The highest BCUT2D eigenvalue weighted by Gasteiger charge is 2.29. The number of benzene rings is 2. The quantitative estimate of drug-likeness (QED) is 0.679. The SMILES string of the molecule is Cc1cc(C)cc(Oc2ccc(NC(=O)CC(C)C)cc2S(=O)(=O)N2CCNCC2)c1. The van der Waals surface area contributed by atoms with Crippen LogP contribution < -0.4 is 15.4 Å². The average molecular weight is 446 g/mol. The Morgan fingerprint density at radius 2 is 1.74 bits per heavy atom. The van der Waals surface area contributed by atoms with Crippen LogP contribution in [0.25, 0.3) is 0 Å². The zero-order chi connectivity index (χ0) is 22.6. The van der Waals surface area contributed by atoms with E-state index in [1.54, 1.807) is 12.1 Å². The Morgan fingerprint density at radius 1 is 1.10 bits per heavy atom. The topological polar surface area (TPSA) is 87.7 Å². The molecule has 0 atom stereocenters. The van der Waals surface area contributed by atoms with E-state index in [2.05, 4.69) is 10.6 Å². The van der Waals surface area contributed by atoms with Crippen molar-refractivity contribution in [1.82, 2.24) is 9.62 Å². The molecule has 0 radical (unpaired) electrons. The Hall–Kier alpha value is -2.42. The maximum Gasteiger partial charge on any atom is 0.246 e. The Kier molecular flexibility index (Phi) is 7.35. The number of piperazine rings is 1. The fourth-order valence-electron chi connectivity index (χ4n) is 3.60. The summed E-state index contributed by atoms with van der Waals surface area (Å²) >= 11 is 0. The third-order valence-corrected chi connectivity index (χ3v) is 6.86. The van der Waals surface area contributed by atoms with Crippen molar-refractivity contribution in [1.29, 1.82) is 0 Å². The third-order valence-electron chi connectivity index (χ3n) is 4.94. The van der Waals surface area contributed by atoms with Gasteiger partial charge in [0, 0.05) is 38.3 Å². The molecule has 1 saturated heterocycles. The number of hydrogen-bond donors (Lipinski definition) is 2. The molecule has 0 aromatic heterocycles. The second-order valence-electron chi connectivity index (χ2n) is 8.39. The number of sulfonamides is 1. The number of carbonyl (C=O) groups excluding carboxylic acids is 1. The monoisotopic (exact) mass is 445 g/mol. The van der Waals surface area contributed by atoms with Gasteiger partial charge < -0.3 is 15.4 Å². The van der Waals surface area contributed by atoms with Gasteiger partial charge in [0.15, 0.2) is 0 Å². The summed E-state index contributed by atoms with van der Waals surface area (Å²) in [4.78, 5) is 12.3. The minimum absolute atomic E-state index is 0.0518. The number of nitrogens with zero attached hydrogens (tertiary/aromatic N) is 1. The van der Waals surface area contributed by atoms with Crippen molar-refractivity contribution in [3.8, 4) is 11.5 Å². The summed E-state index contributed by atoms with van der Waals surface area (Å²) < 4.78 is 34.4. The summed E-state index contributed by atoms with van der Waals surface area (Å²) in [6, 6.07) is 10.5. The standard InChI is InChI=1S/C23H31N3O4S/c1-16(2)11-23(27)25-19-5-6-21(30-20-13-17(3)12-18(4)14-20)22(15-19)31(28,29)26-9-7-24-8-10-26/h5-6,12-16,24H,7-11H2,1-4H3,(H,25,27). The summed E-state index contributed by atoms with van der Waals surface area (Å²) in [7, 11) is -3.80. The molecule has 3 rings (SSSR count). The summed E-state index contributed by atoms with van der Waals surface area (Å²) in [5, 5.41) is 5.97. The highest BCUT2D eigenvalue weighted by atomic mass is 32.2. The van der Waals surface area contributed by atoms with Gasteiger partial charge in [0.25, 0.3) is 0 Å². The van der Waals surface area contributed by atoms with Gasteiger partial charge in [-0.1, -0.05) is 19.9 Å². The predicted molar refractivity (Wildman–Crippen MR) is 122 cm³/mol. The van der Waals surface area contributed by atoms with E-state index in [1.165, 1.54) is 10.4 Å².